The smallest absolute Gasteiger partial charge is 0.151 e. The van der Waals surface area contributed by atoms with Gasteiger partial charge in [0.2, 0.25) is 0 Å². The predicted molar refractivity (Wildman–Crippen MR) is 71.0 cm³/mol. The van der Waals surface area contributed by atoms with Crippen molar-refractivity contribution >= 4 is 15.9 Å². The highest BCUT2D eigenvalue weighted by Gasteiger charge is 2.12. The van der Waals surface area contributed by atoms with Crippen LogP contribution in [0, 0.1) is 11.6 Å². The molecule has 0 amide bonds. The summed E-state index contributed by atoms with van der Waals surface area (Å²) in [5.41, 5.74) is 0.838. The largest absolute Gasteiger partial charge is 0.309 e. The maximum Gasteiger partial charge on any atom is 0.151 e. The van der Waals surface area contributed by atoms with Gasteiger partial charge in [-0.2, -0.15) is 0 Å². The Morgan fingerprint density at radius 1 is 1.32 bits per heavy atom. The fraction of sp³-hybridized carbons (Fsp3) is 0.333. The van der Waals surface area contributed by atoms with E-state index < -0.39 is 11.6 Å². The number of nitrogens with one attached hydrogen (secondary N) is 1. The summed E-state index contributed by atoms with van der Waals surface area (Å²) < 4.78 is 28.3. The molecule has 1 aromatic heterocycles. The minimum atomic E-state index is -0.686. The molecule has 1 N–H and O–H groups in total. The van der Waals surface area contributed by atoms with Gasteiger partial charge < -0.3 is 5.32 Å². The van der Waals surface area contributed by atoms with E-state index in [9.17, 15) is 8.78 Å². The first-order valence-electron chi connectivity index (χ1n) is 5.77. The Hall–Kier alpha value is -1.34. The highest BCUT2D eigenvalue weighted by molar-refractivity contribution is 9.10. The van der Waals surface area contributed by atoms with Gasteiger partial charge in [0.15, 0.2) is 5.82 Å². The van der Waals surface area contributed by atoms with Crippen LogP contribution in [0.15, 0.2) is 22.8 Å². The molecule has 0 atom stereocenters. The lowest BCUT2D eigenvalue weighted by atomic mass is 10.3. The maximum absolute atomic E-state index is 13.7. The van der Waals surface area contributed by atoms with Gasteiger partial charge in [0, 0.05) is 18.7 Å². The first-order chi connectivity index (χ1) is 8.97. The molecule has 4 nitrogen and oxygen atoms in total. The van der Waals surface area contributed by atoms with E-state index in [2.05, 4.69) is 31.6 Å². The van der Waals surface area contributed by atoms with E-state index in [0.717, 1.165) is 6.07 Å². The second-order valence-corrected chi connectivity index (χ2v) is 5.26. The molecule has 0 unspecified atom stereocenters. The van der Waals surface area contributed by atoms with E-state index in [1.165, 1.54) is 10.7 Å². The quantitative estimate of drug-likeness (QED) is 0.876. The fourth-order valence-electron chi connectivity index (χ4n) is 1.49. The molecule has 0 bridgehead atoms. The number of hydrogen-bond acceptors (Lipinski definition) is 3. The summed E-state index contributed by atoms with van der Waals surface area (Å²) in [6, 6.07) is 2.47. The predicted octanol–water partition coefficient (Wildman–Crippen LogP) is 2.81. The number of rotatable bonds is 4. The minimum Gasteiger partial charge on any atom is -0.309 e. The monoisotopic (exact) mass is 330 g/mol. The van der Waals surface area contributed by atoms with E-state index >= 15 is 0 Å². The summed E-state index contributed by atoms with van der Waals surface area (Å²) >= 11 is 3.02. The molecule has 0 aliphatic rings. The first kappa shape index (κ1) is 14.1. The van der Waals surface area contributed by atoms with Crippen LogP contribution < -0.4 is 5.32 Å². The van der Waals surface area contributed by atoms with Crippen molar-refractivity contribution in [2.45, 2.75) is 26.4 Å². The lowest BCUT2D eigenvalue weighted by Crippen LogP contribution is -2.21. The zero-order chi connectivity index (χ0) is 14.0. The lowest BCUT2D eigenvalue weighted by molar-refractivity contribution is 0.568. The molecule has 0 radical (unpaired) electrons. The SMILES string of the molecule is CC(C)NCc1cn(-c2cc(Br)c(F)cc2F)nn1. The van der Waals surface area contributed by atoms with Gasteiger partial charge in [-0.25, -0.2) is 13.5 Å². The molecule has 102 valence electrons. The molecule has 0 aliphatic heterocycles. The molecule has 0 saturated heterocycles. The molecule has 2 aromatic rings. The number of aromatic nitrogens is 3. The molecule has 0 spiro atoms. The topological polar surface area (TPSA) is 42.7 Å². The first-order valence-corrected chi connectivity index (χ1v) is 6.56. The van der Waals surface area contributed by atoms with E-state index in [1.807, 2.05) is 13.8 Å². The summed E-state index contributed by atoms with van der Waals surface area (Å²) in [6.07, 6.45) is 1.61. The standard InChI is InChI=1S/C12H13BrF2N4/c1-7(2)16-5-8-6-19(18-17-8)12-3-9(13)10(14)4-11(12)15/h3-4,6-7,16H,5H2,1-2H3. The second-order valence-electron chi connectivity index (χ2n) is 4.41. The van der Waals surface area contributed by atoms with Crippen molar-refractivity contribution in [3.8, 4) is 5.69 Å². The van der Waals surface area contributed by atoms with Crippen LogP contribution in [0.3, 0.4) is 0 Å². The van der Waals surface area contributed by atoms with Crippen molar-refractivity contribution in [3.63, 3.8) is 0 Å². The molecule has 0 saturated carbocycles. The van der Waals surface area contributed by atoms with Gasteiger partial charge in [-0.1, -0.05) is 19.1 Å². The Balaban J connectivity index is 2.25. The molecule has 0 aliphatic carbocycles. The third-order valence-corrected chi connectivity index (χ3v) is 3.08. The molecule has 2 rings (SSSR count). The summed E-state index contributed by atoms with van der Waals surface area (Å²) in [7, 11) is 0. The third kappa shape index (κ3) is 3.36. The Labute approximate surface area is 117 Å². The highest BCUT2D eigenvalue weighted by atomic mass is 79.9. The molecule has 0 fully saturated rings. The summed E-state index contributed by atoms with van der Waals surface area (Å²) in [6.45, 7) is 4.57. The third-order valence-electron chi connectivity index (χ3n) is 2.47. The van der Waals surface area contributed by atoms with Crippen molar-refractivity contribution in [2.75, 3.05) is 0 Å². The second kappa shape index (κ2) is 5.75. The molecule has 1 heterocycles. The Morgan fingerprint density at radius 2 is 2.05 bits per heavy atom. The fourth-order valence-corrected chi connectivity index (χ4v) is 1.82. The van der Waals surface area contributed by atoms with Gasteiger partial charge in [-0.05, 0) is 22.0 Å². The van der Waals surface area contributed by atoms with Crippen molar-refractivity contribution in [1.29, 1.82) is 0 Å². The van der Waals surface area contributed by atoms with Crippen LogP contribution in [0.5, 0.6) is 0 Å². The zero-order valence-electron chi connectivity index (χ0n) is 10.5. The van der Waals surface area contributed by atoms with Crippen molar-refractivity contribution < 1.29 is 8.78 Å². The van der Waals surface area contributed by atoms with Crippen LogP contribution >= 0.6 is 15.9 Å². The molecular formula is C12H13BrF2N4. The summed E-state index contributed by atoms with van der Waals surface area (Å²) in [5.74, 6) is -1.34. The van der Waals surface area contributed by atoms with E-state index in [-0.39, 0.29) is 10.2 Å². The van der Waals surface area contributed by atoms with Crippen LogP contribution in [0.2, 0.25) is 0 Å². The van der Waals surface area contributed by atoms with Crippen LogP contribution in [0.1, 0.15) is 19.5 Å². The minimum absolute atomic E-state index is 0.150. The van der Waals surface area contributed by atoms with Crippen molar-refractivity contribution in [1.82, 2.24) is 20.3 Å². The molecule has 7 heteroatoms. The average molecular weight is 331 g/mol. The van der Waals surface area contributed by atoms with E-state index in [4.69, 9.17) is 0 Å². The zero-order valence-corrected chi connectivity index (χ0v) is 12.1. The summed E-state index contributed by atoms with van der Waals surface area (Å²) in [5, 5.41) is 11.0. The number of hydrogen-bond donors (Lipinski definition) is 1. The molecular weight excluding hydrogens is 318 g/mol. The number of nitrogens with zero attached hydrogens (tertiary/aromatic N) is 3. The van der Waals surface area contributed by atoms with Gasteiger partial charge in [0.05, 0.1) is 16.4 Å². The van der Waals surface area contributed by atoms with Crippen molar-refractivity contribution in [3.05, 3.63) is 40.1 Å². The number of benzene rings is 1. The van der Waals surface area contributed by atoms with Crippen molar-refractivity contribution in [2.24, 2.45) is 0 Å². The highest BCUT2D eigenvalue weighted by Crippen LogP contribution is 2.22. The van der Waals surface area contributed by atoms with E-state index in [1.54, 1.807) is 6.20 Å². The van der Waals surface area contributed by atoms with Crippen LogP contribution in [-0.2, 0) is 6.54 Å². The number of halogens is 3. The Bertz CT molecular complexity index is 583. The van der Waals surface area contributed by atoms with Gasteiger partial charge >= 0.3 is 0 Å². The average Bonchev–Trinajstić information content (AvgIpc) is 2.80. The lowest BCUT2D eigenvalue weighted by Gasteiger charge is -2.05. The van der Waals surface area contributed by atoms with Gasteiger partial charge in [-0.15, -0.1) is 5.10 Å². The van der Waals surface area contributed by atoms with Crippen LogP contribution in [0.4, 0.5) is 8.78 Å². The van der Waals surface area contributed by atoms with Crippen LogP contribution in [-0.4, -0.2) is 21.0 Å². The molecule has 19 heavy (non-hydrogen) atoms. The van der Waals surface area contributed by atoms with Crippen LogP contribution in [0.25, 0.3) is 5.69 Å². The normalized spacial score (nSPS) is 11.3. The summed E-state index contributed by atoms with van der Waals surface area (Å²) in [4.78, 5) is 0. The van der Waals surface area contributed by atoms with Gasteiger partial charge in [0.1, 0.15) is 11.5 Å². The molecule has 1 aromatic carbocycles. The maximum atomic E-state index is 13.7. The Kier molecular flexibility index (Phi) is 4.26. The Morgan fingerprint density at radius 3 is 2.74 bits per heavy atom. The van der Waals surface area contributed by atoms with E-state index in [0.29, 0.717) is 18.3 Å². The van der Waals surface area contributed by atoms with Gasteiger partial charge in [-0.3, -0.25) is 0 Å². The van der Waals surface area contributed by atoms with Gasteiger partial charge in [0.25, 0.3) is 0 Å².